The van der Waals surface area contributed by atoms with E-state index in [0.29, 0.717) is 19.3 Å². The third-order valence-electron chi connectivity index (χ3n) is 15.2. The maximum absolute atomic E-state index is 13.2. The molecule has 1 rings (SSSR count). The third-order valence-corrected chi connectivity index (χ3v) is 15.2. The normalized spacial score (nSPS) is 18.0. The largest absolute Gasteiger partial charge is 0.479 e. The summed E-state index contributed by atoms with van der Waals surface area (Å²) >= 11 is 0. The first-order chi connectivity index (χ1) is 38.6. The summed E-state index contributed by atoms with van der Waals surface area (Å²) in [6.45, 7) is 6.00. The summed E-state index contributed by atoms with van der Waals surface area (Å²) in [7, 11) is 0. The molecular weight excluding hydrogens is 997 g/mol. The molecule has 1 aliphatic rings. The van der Waals surface area contributed by atoms with Gasteiger partial charge >= 0.3 is 23.9 Å². The lowest BCUT2D eigenvalue weighted by atomic mass is 9.98. The molecule has 12 nitrogen and oxygen atoms in total. The number of hydrogen-bond acceptors (Lipinski definition) is 11. The fraction of sp³-hybridized carbons (Fsp3) is 0.851. The van der Waals surface area contributed by atoms with E-state index in [1.54, 1.807) is 0 Å². The molecule has 0 aliphatic carbocycles. The van der Waals surface area contributed by atoms with Gasteiger partial charge in [-0.05, 0) is 77.0 Å². The Morgan fingerprint density at radius 3 is 1.18 bits per heavy atom. The van der Waals surface area contributed by atoms with E-state index in [-0.39, 0.29) is 25.9 Å². The Labute approximate surface area is 482 Å². The van der Waals surface area contributed by atoms with Gasteiger partial charge in [-0.3, -0.25) is 14.4 Å². The molecule has 79 heavy (non-hydrogen) atoms. The van der Waals surface area contributed by atoms with Crippen LogP contribution in [0.4, 0.5) is 0 Å². The minimum Gasteiger partial charge on any atom is -0.479 e. The Bertz CT molecular complexity index is 1510. The summed E-state index contributed by atoms with van der Waals surface area (Å²) in [5.41, 5.74) is 0. The van der Waals surface area contributed by atoms with E-state index in [1.165, 1.54) is 173 Å². The van der Waals surface area contributed by atoms with E-state index >= 15 is 0 Å². The number of carbonyl (C=O) groups is 4. The number of hydrogen-bond donors (Lipinski definition) is 3. The minimum atomic E-state index is -1.90. The predicted octanol–water partition coefficient (Wildman–Crippen LogP) is 17.6. The molecule has 6 atom stereocenters. The number of esters is 3. The van der Waals surface area contributed by atoms with Crippen molar-refractivity contribution >= 4 is 23.9 Å². The molecule has 0 aromatic carbocycles. The average molecular weight is 1120 g/mol. The molecule has 0 amide bonds. The van der Waals surface area contributed by atoms with E-state index < -0.39 is 67.3 Å². The van der Waals surface area contributed by atoms with Crippen LogP contribution in [0.3, 0.4) is 0 Å². The van der Waals surface area contributed by atoms with Gasteiger partial charge in [0.05, 0.1) is 6.61 Å². The van der Waals surface area contributed by atoms with Crippen LogP contribution in [0.5, 0.6) is 0 Å². The van der Waals surface area contributed by atoms with Gasteiger partial charge in [0.25, 0.3) is 0 Å². The van der Waals surface area contributed by atoms with Crippen LogP contribution in [0, 0.1) is 0 Å². The lowest BCUT2D eigenvalue weighted by Crippen LogP contribution is -2.61. The molecule has 0 bridgehead atoms. The molecule has 0 aromatic rings. The van der Waals surface area contributed by atoms with Crippen molar-refractivity contribution in [1.82, 2.24) is 0 Å². The predicted molar refractivity (Wildman–Crippen MR) is 322 cm³/mol. The number of carbonyl (C=O) groups excluding carboxylic acids is 3. The summed E-state index contributed by atoms with van der Waals surface area (Å²) in [5.74, 6) is -3.10. The minimum absolute atomic E-state index is 0.0647. The molecule has 0 radical (unpaired) electrons. The van der Waals surface area contributed by atoms with E-state index in [4.69, 9.17) is 23.7 Å². The van der Waals surface area contributed by atoms with Gasteiger partial charge in [0.2, 0.25) is 0 Å². The van der Waals surface area contributed by atoms with Gasteiger partial charge in [-0.15, -0.1) is 0 Å². The first kappa shape index (κ1) is 74.0. The van der Waals surface area contributed by atoms with Crippen molar-refractivity contribution in [3.63, 3.8) is 0 Å². The van der Waals surface area contributed by atoms with Crippen LogP contribution in [0.25, 0.3) is 0 Å². The zero-order chi connectivity index (χ0) is 57.5. The second-order valence-electron chi connectivity index (χ2n) is 22.8. The molecule has 12 heteroatoms. The van der Waals surface area contributed by atoms with Crippen LogP contribution in [0.2, 0.25) is 0 Å². The Morgan fingerprint density at radius 1 is 0.418 bits per heavy atom. The summed E-state index contributed by atoms with van der Waals surface area (Å²) in [5, 5.41) is 31.6. The van der Waals surface area contributed by atoms with E-state index in [1.807, 2.05) is 0 Å². The fourth-order valence-corrected chi connectivity index (χ4v) is 10.1. The highest BCUT2D eigenvalue weighted by atomic mass is 16.7. The topological polar surface area (TPSA) is 175 Å². The molecule has 6 unspecified atom stereocenters. The lowest BCUT2D eigenvalue weighted by molar-refractivity contribution is -0.301. The highest BCUT2D eigenvalue weighted by Crippen LogP contribution is 2.27. The number of carboxylic acid groups (broad SMARTS) is 1. The monoisotopic (exact) mass is 1120 g/mol. The lowest BCUT2D eigenvalue weighted by Gasteiger charge is -2.40. The maximum atomic E-state index is 13.2. The van der Waals surface area contributed by atoms with Gasteiger partial charge in [0.15, 0.2) is 24.6 Å². The van der Waals surface area contributed by atoms with Crippen molar-refractivity contribution in [1.29, 1.82) is 0 Å². The number of aliphatic hydroxyl groups excluding tert-OH is 2. The molecule has 0 spiro atoms. The van der Waals surface area contributed by atoms with Crippen molar-refractivity contribution in [2.24, 2.45) is 0 Å². The number of carboxylic acids is 1. The highest BCUT2D eigenvalue weighted by molar-refractivity contribution is 5.74. The van der Waals surface area contributed by atoms with Gasteiger partial charge in [0, 0.05) is 19.3 Å². The van der Waals surface area contributed by atoms with Crippen LogP contribution < -0.4 is 0 Å². The van der Waals surface area contributed by atoms with Gasteiger partial charge in [-0.2, -0.15) is 0 Å². The highest BCUT2D eigenvalue weighted by Gasteiger charge is 2.50. The first-order valence-corrected chi connectivity index (χ1v) is 33.0. The maximum Gasteiger partial charge on any atom is 0.335 e. The first-order valence-electron chi connectivity index (χ1n) is 33.0. The fourth-order valence-electron chi connectivity index (χ4n) is 10.1. The molecule has 3 N–H and O–H groups in total. The van der Waals surface area contributed by atoms with Crippen molar-refractivity contribution < 1.29 is 58.2 Å². The Hall–Kier alpha value is -3.06. The van der Waals surface area contributed by atoms with Crippen LogP contribution in [-0.2, 0) is 42.9 Å². The zero-order valence-electron chi connectivity index (χ0n) is 50.9. The number of ether oxygens (including phenoxy) is 5. The van der Waals surface area contributed by atoms with E-state index in [9.17, 15) is 34.5 Å². The molecule has 1 saturated heterocycles. The smallest absolute Gasteiger partial charge is 0.335 e. The molecule has 0 saturated carbocycles. The summed E-state index contributed by atoms with van der Waals surface area (Å²) in [4.78, 5) is 51.3. The van der Waals surface area contributed by atoms with Crippen molar-refractivity contribution in [2.45, 2.75) is 353 Å². The summed E-state index contributed by atoms with van der Waals surface area (Å²) < 4.78 is 28.5. The standard InChI is InChI=1S/C67H120O12/c1-4-7-10-13-16-19-22-25-27-29-30-32-33-36-38-41-44-47-50-53-59(68)75-56-58(77-60(69)54-51-48-45-42-40-37-34-31-28-26-23-20-17-14-11-8-5-2)57-76-67-65(63(72)62(71)64(79-67)66(73)74)78-61(70)55-52-49-46-43-39-35-24-21-18-15-12-9-6-3/h17,20,25-28,58,62-65,67,71-72H,4-16,18-19,21-24,29-57H2,1-3H3,(H,73,74)/b20-17-,27-25-,28-26-. The van der Waals surface area contributed by atoms with Gasteiger partial charge < -0.3 is 39.0 Å². The second-order valence-corrected chi connectivity index (χ2v) is 22.8. The summed E-state index contributed by atoms with van der Waals surface area (Å²) in [6, 6.07) is 0. The molecule has 1 heterocycles. The second kappa shape index (κ2) is 55.5. The van der Waals surface area contributed by atoms with Gasteiger partial charge in [0.1, 0.15) is 18.8 Å². The van der Waals surface area contributed by atoms with Crippen molar-refractivity contribution in [2.75, 3.05) is 13.2 Å². The van der Waals surface area contributed by atoms with E-state index in [0.717, 1.165) is 83.5 Å². The van der Waals surface area contributed by atoms with Crippen LogP contribution in [0.1, 0.15) is 316 Å². The van der Waals surface area contributed by atoms with Crippen LogP contribution >= 0.6 is 0 Å². The molecule has 0 aromatic heterocycles. The average Bonchev–Trinajstić information content (AvgIpc) is 3.46. The number of unbranched alkanes of at least 4 members (excludes halogenated alkanes) is 37. The summed E-state index contributed by atoms with van der Waals surface area (Å²) in [6.07, 6.45) is 53.9. The Kier molecular flexibility index (Phi) is 51.9. The zero-order valence-corrected chi connectivity index (χ0v) is 50.9. The van der Waals surface area contributed by atoms with Crippen molar-refractivity contribution in [3.8, 4) is 0 Å². The van der Waals surface area contributed by atoms with E-state index in [2.05, 4.69) is 57.2 Å². The quantitative estimate of drug-likeness (QED) is 0.0228. The molecule has 1 fully saturated rings. The van der Waals surface area contributed by atoms with Gasteiger partial charge in [-0.1, -0.05) is 256 Å². The molecular formula is C67H120O12. The van der Waals surface area contributed by atoms with Gasteiger partial charge in [-0.25, -0.2) is 4.79 Å². The SMILES string of the molecule is CCCCC/C=C\C/C=C\CCCCCCCCCC(=O)OC(COC(=O)CCCCCCCCCCC/C=C\CCCCCCCC)COC1OC(C(=O)O)C(O)C(O)C1OC(=O)CCCCCCCCCCCCCCC. The third kappa shape index (κ3) is 45.2. The number of aliphatic hydroxyl groups is 2. The van der Waals surface area contributed by atoms with Crippen molar-refractivity contribution in [3.05, 3.63) is 36.5 Å². The Balaban J connectivity index is 2.64. The number of rotatable bonds is 57. The number of allylic oxidation sites excluding steroid dienone is 6. The Morgan fingerprint density at radius 2 is 0.759 bits per heavy atom. The van der Waals surface area contributed by atoms with Crippen LogP contribution in [0.15, 0.2) is 36.5 Å². The molecule has 1 aliphatic heterocycles. The molecule has 460 valence electrons. The van der Waals surface area contributed by atoms with Crippen LogP contribution in [-0.4, -0.2) is 89.2 Å². The number of aliphatic carboxylic acids is 1.